The summed E-state index contributed by atoms with van der Waals surface area (Å²) in [5, 5.41) is 0.717. The molecule has 2 rings (SSSR count). The number of benzene rings is 1. The molecule has 0 radical (unpaired) electrons. The molecule has 0 heterocycles. The lowest BCUT2D eigenvalue weighted by molar-refractivity contribution is -0.122. The summed E-state index contributed by atoms with van der Waals surface area (Å²) in [6.45, 7) is 0. The highest BCUT2D eigenvalue weighted by Crippen LogP contribution is 2.47. The minimum atomic E-state index is -0.0788. The molecule has 2 atom stereocenters. The SMILES string of the molecule is NNC(=O)[C@@H]1C[C@H]1c1ccc(Cl)cc1. The van der Waals surface area contributed by atoms with E-state index >= 15 is 0 Å². The molecule has 1 fully saturated rings. The lowest BCUT2D eigenvalue weighted by atomic mass is 10.1. The maximum absolute atomic E-state index is 11.2. The molecular weight excluding hydrogens is 200 g/mol. The van der Waals surface area contributed by atoms with Crippen LogP contribution in [0.25, 0.3) is 0 Å². The fourth-order valence-corrected chi connectivity index (χ4v) is 1.80. The fraction of sp³-hybridized carbons (Fsp3) is 0.300. The third kappa shape index (κ3) is 1.74. The Morgan fingerprint density at radius 1 is 1.43 bits per heavy atom. The molecule has 1 aliphatic rings. The van der Waals surface area contributed by atoms with Crippen LogP contribution in [-0.4, -0.2) is 5.91 Å². The Labute approximate surface area is 87.2 Å². The first-order valence-corrected chi connectivity index (χ1v) is 4.86. The minimum Gasteiger partial charge on any atom is -0.294 e. The second-order valence-electron chi connectivity index (χ2n) is 3.51. The molecule has 3 N–H and O–H groups in total. The van der Waals surface area contributed by atoms with Crippen LogP contribution in [0, 0.1) is 5.92 Å². The number of hydrogen-bond donors (Lipinski definition) is 2. The lowest BCUT2D eigenvalue weighted by Gasteiger charge is -1.99. The number of hydrogen-bond acceptors (Lipinski definition) is 2. The molecule has 4 heteroatoms. The summed E-state index contributed by atoms with van der Waals surface area (Å²) in [5.41, 5.74) is 3.33. The van der Waals surface area contributed by atoms with Gasteiger partial charge in [-0.15, -0.1) is 0 Å². The molecule has 0 aliphatic heterocycles. The van der Waals surface area contributed by atoms with Gasteiger partial charge in [0.05, 0.1) is 0 Å². The summed E-state index contributed by atoms with van der Waals surface area (Å²) in [6, 6.07) is 7.59. The highest BCUT2D eigenvalue weighted by molar-refractivity contribution is 6.30. The second kappa shape index (κ2) is 3.59. The molecule has 0 bridgehead atoms. The van der Waals surface area contributed by atoms with Gasteiger partial charge < -0.3 is 0 Å². The summed E-state index contributed by atoms with van der Waals surface area (Å²) in [5.74, 6) is 5.34. The predicted molar refractivity (Wildman–Crippen MR) is 54.6 cm³/mol. The number of hydrazine groups is 1. The molecule has 0 saturated heterocycles. The first kappa shape index (κ1) is 9.49. The molecule has 14 heavy (non-hydrogen) atoms. The van der Waals surface area contributed by atoms with E-state index in [4.69, 9.17) is 17.4 Å². The van der Waals surface area contributed by atoms with Crippen LogP contribution in [0.15, 0.2) is 24.3 Å². The van der Waals surface area contributed by atoms with Gasteiger partial charge in [-0.25, -0.2) is 5.84 Å². The number of carbonyl (C=O) groups excluding carboxylic acids is 1. The zero-order chi connectivity index (χ0) is 10.1. The molecule has 1 aromatic carbocycles. The van der Waals surface area contributed by atoms with Gasteiger partial charge >= 0.3 is 0 Å². The zero-order valence-electron chi connectivity index (χ0n) is 7.53. The van der Waals surface area contributed by atoms with Crippen molar-refractivity contribution in [2.75, 3.05) is 0 Å². The van der Waals surface area contributed by atoms with Crippen LogP contribution in [-0.2, 0) is 4.79 Å². The average molecular weight is 211 g/mol. The van der Waals surface area contributed by atoms with E-state index in [0.29, 0.717) is 10.9 Å². The van der Waals surface area contributed by atoms with Gasteiger partial charge in [0.15, 0.2) is 0 Å². The van der Waals surface area contributed by atoms with Crippen molar-refractivity contribution >= 4 is 17.5 Å². The monoisotopic (exact) mass is 210 g/mol. The molecule has 3 nitrogen and oxygen atoms in total. The van der Waals surface area contributed by atoms with E-state index in [0.717, 1.165) is 12.0 Å². The lowest BCUT2D eigenvalue weighted by Crippen LogP contribution is -2.31. The zero-order valence-corrected chi connectivity index (χ0v) is 8.29. The second-order valence-corrected chi connectivity index (χ2v) is 3.95. The summed E-state index contributed by atoms with van der Waals surface area (Å²) >= 11 is 5.76. The third-order valence-electron chi connectivity index (χ3n) is 2.57. The molecule has 1 amide bonds. The number of rotatable bonds is 2. The first-order chi connectivity index (χ1) is 6.72. The standard InChI is InChI=1S/C10H11ClN2O/c11-7-3-1-6(2-4-7)8-5-9(8)10(14)13-12/h1-4,8-9H,5,12H2,(H,13,14)/t8-,9+/m0/s1. The largest absolute Gasteiger partial charge is 0.294 e. The number of carbonyl (C=O) groups is 1. The van der Waals surface area contributed by atoms with E-state index < -0.39 is 0 Å². The predicted octanol–water partition coefficient (Wildman–Crippen LogP) is 1.43. The van der Waals surface area contributed by atoms with Crippen molar-refractivity contribution in [3.05, 3.63) is 34.9 Å². The van der Waals surface area contributed by atoms with Crippen molar-refractivity contribution in [3.8, 4) is 0 Å². The maximum atomic E-state index is 11.2. The van der Waals surface area contributed by atoms with Gasteiger partial charge in [0, 0.05) is 10.9 Å². The number of nitrogens with two attached hydrogens (primary N) is 1. The van der Waals surface area contributed by atoms with Gasteiger partial charge in [0.2, 0.25) is 5.91 Å². The Bertz CT molecular complexity index is 350. The Balaban J connectivity index is 2.06. The van der Waals surface area contributed by atoms with Crippen LogP contribution in [0.5, 0.6) is 0 Å². The van der Waals surface area contributed by atoms with Crippen molar-refractivity contribution in [2.45, 2.75) is 12.3 Å². The summed E-state index contributed by atoms with van der Waals surface area (Å²) < 4.78 is 0. The Morgan fingerprint density at radius 3 is 2.64 bits per heavy atom. The number of amides is 1. The molecule has 1 saturated carbocycles. The molecule has 74 valence electrons. The summed E-state index contributed by atoms with van der Waals surface area (Å²) in [4.78, 5) is 11.2. The maximum Gasteiger partial charge on any atom is 0.237 e. The van der Waals surface area contributed by atoms with E-state index in [1.807, 2.05) is 24.3 Å². The van der Waals surface area contributed by atoms with E-state index in [2.05, 4.69) is 5.43 Å². The molecule has 0 unspecified atom stereocenters. The van der Waals surface area contributed by atoms with Crippen molar-refractivity contribution < 1.29 is 4.79 Å². The van der Waals surface area contributed by atoms with Gasteiger partial charge in [-0.05, 0) is 30.0 Å². The normalized spacial score (nSPS) is 24.4. The average Bonchev–Trinajstić information content (AvgIpc) is 2.98. The van der Waals surface area contributed by atoms with Gasteiger partial charge in [-0.1, -0.05) is 23.7 Å². The molecule has 1 aromatic rings. The minimum absolute atomic E-state index is 0.0428. The van der Waals surface area contributed by atoms with E-state index in [-0.39, 0.29) is 11.8 Å². The van der Waals surface area contributed by atoms with Crippen LogP contribution in [0.4, 0.5) is 0 Å². The van der Waals surface area contributed by atoms with E-state index in [1.165, 1.54) is 0 Å². The quantitative estimate of drug-likeness (QED) is 0.441. The van der Waals surface area contributed by atoms with Gasteiger partial charge in [-0.3, -0.25) is 10.2 Å². The molecule has 1 aliphatic carbocycles. The van der Waals surface area contributed by atoms with Crippen molar-refractivity contribution in [3.63, 3.8) is 0 Å². The highest BCUT2D eigenvalue weighted by atomic mass is 35.5. The van der Waals surface area contributed by atoms with Crippen LogP contribution >= 0.6 is 11.6 Å². The van der Waals surface area contributed by atoms with Crippen LogP contribution in [0.3, 0.4) is 0 Å². The topological polar surface area (TPSA) is 55.1 Å². The highest BCUT2D eigenvalue weighted by Gasteiger charge is 2.43. The summed E-state index contributed by atoms with van der Waals surface area (Å²) in [7, 11) is 0. The van der Waals surface area contributed by atoms with Crippen molar-refractivity contribution in [1.29, 1.82) is 0 Å². The van der Waals surface area contributed by atoms with Crippen LogP contribution in [0.1, 0.15) is 17.9 Å². The third-order valence-corrected chi connectivity index (χ3v) is 2.82. The number of nitrogens with one attached hydrogen (secondary N) is 1. The molecular formula is C10H11ClN2O. The smallest absolute Gasteiger partial charge is 0.237 e. The first-order valence-electron chi connectivity index (χ1n) is 4.48. The fourth-order valence-electron chi connectivity index (χ4n) is 1.67. The molecule has 0 aromatic heterocycles. The van der Waals surface area contributed by atoms with E-state index in [9.17, 15) is 4.79 Å². The van der Waals surface area contributed by atoms with Gasteiger partial charge in [0.1, 0.15) is 0 Å². The summed E-state index contributed by atoms with van der Waals surface area (Å²) in [6.07, 6.45) is 0.880. The number of halogens is 1. The van der Waals surface area contributed by atoms with Gasteiger partial charge in [0.25, 0.3) is 0 Å². The Hall–Kier alpha value is -1.06. The molecule has 0 spiro atoms. The van der Waals surface area contributed by atoms with Gasteiger partial charge in [-0.2, -0.15) is 0 Å². The van der Waals surface area contributed by atoms with E-state index in [1.54, 1.807) is 0 Å². The Kier molecular flexibility index (Phi) is 2.44. The Morgan fingerprint density at radius 2 is 2.07 bits per heavy atom. The van der Waals surface area contributed by atoms with Crippen LogP contribution in [0.2, 0.25) is 5.02 Å². The van der Waals surface area contributed by atoms with Crippen LogP contribution < -0.4 is 11.3 Å². The van der Waals surface area contributed by atoms with Crippen molar-refractivity contribution in [1.82, 2.24) is 5.43 Å². The van der Waals surface area contributed by atoms with Crippen molar-refractivity contribution in [2.24, 2.45) is 11.8 Å².